The van der Waals surface area contributed by atoms with Crippen molar-refractivity contribution < 1.29 is 22.4 Å². The van der Waals surface area contributed by atoms with Gasteiger partial charge in [-0.1, -0.05) is 6.07 Å². The van der Waals surface area contributed by atoms with Crippen LogP contribution in [-0.4, -0.2) is 35.7 Å². The number of hydrogen-bond acceptors (Lipinski definition) is 3. The molecule has 0 radical (unpaired) electrons. The predicted molar refractivity (Wildman–Crippen MR) is 122 cm³/mol. The van der Waals surface area contributed by atoms with Crippen molar-refractivity contribution in [1.29, 1.82) is 0 Å². The fourth-order valence-corrected chi connectivity index (χ4v) is 5.74. The van der Waals surface area contributed by atoms with Crippen molar-refractivity contribution >= 4 is 17.7 Å². The number of benzene rings is 2. The lowest BCUT2D eigenvalue weighted by molar-refractivity contribution is -0.000637. The van der Waals surface area contributed by atoms with Crippen molar-refractivity contribution in [3.05, 3.63) is 64.7 Å². The van der Waals surface area contributed by atoms with Gasteiger partial charge in [0.1, 0.15) is 11.6 Å². The summed E-state index contributed by atoms with van der Waals surface area (Å²) in [6.45, 7) is 2.57. The Morgan fingerprint density at radius 1 is 1.06 bits per heavy atom. The van der Waals surface area contributed by atoms with Gasteiger partial charge in [0.05, 0.1) is 11.6 Å². The fourth-order valence-electron chi connectivity index (χ4n) is 5.12. The first-order valence-corrected chi connectivity index (χ1v) is 12.4. The molecule has 0 spiro atoms. The summed E-state index contributed by atoms with van der Waals surface area (Å²) in [4.78, 5) is 16.2. The van der Waals surface area contributed by atoms with Gasteiger partial charge in [0.15, 0.2) is 0 Å². The van der Waals surface area contributed by atoms with Gasteiger partial charge >= 0.3 is 0 Å². The number of nitrogens with zero attached hydrogens (tertiary/aromatic N) is 1. The highest BCUT2D eigenvalue weighted by Gasteiger charge is 2.50. The van der Waals surface area contributed by atoms with Crippen LogP contribution >= 0.6 is 11.8 Å². The number of thioether (sulfide) groups is 1. The van der Waals surface area contributed by atoms with Crippen molar-refractivity contribution in [1.82, 2.24) is 10.2 Å². The van der Waals surface area contributed by atoms with Crippen molar-refractivity contribution in [2.75, 3.05) is 19.3 Å². The highest BCUT2D eigenvalue weighted by molar-refractivity contribution is 7.98. The number of rotatable bonds is 7. The van der Waals surface area contributed by atoms with Gasteiger partial charge in [-0.15, -0.1) is 11.8 Å². The number of carbonyl (C=O) groups is 1. The smallest absolute Gasteiger partial charge is 0.270 e. The van der Waals surface area contributed by atoms with Gasteiger partial charge in [-0.05, 0) is 81.3 Å². The maximum absolute atomic E-state index is 14.2. The van der Waals surface area contributed by atoms with E-state index in [2.05, 4.69) is 10.2 Å². The molecular weight excluding hydrogens is 452 g/mol. The standard InChI is InChI=1S/C25H28F4N2OS/c1-24(28,29)17-6-7-20(21(14-17)33-2)23(32)30-22(16-12-18(26)15-19(27)13-16)25(8-5-9-25)31-10-3-4-11-31/h6-7,12-15,22H,3-5,8-11H2,1-2H3,(H,30,32). The summed E-state index contributed by atoms with van der Waals surface area (Å²) < 4.78 is 56.0. The van der Waals surface area contributed by atoms with Crippen molar-refractivity contribution in [3.63, 3.8) is 0 Å². The first-order chi connectivity index (χ1) is 15.6. The van der Waals surface area contributed by atoms with Crippen LogP contribution in [0.1, 0.15) is 66.6 Å². The molecule has 1 aliphatic carbocycles. The number of alkyl halides is 2. The van der Waals surface area contributed by atoms with Gasteiger partial charge in [0.2, 0.25) is 0 Å². The van der Waals surface area contributed by atoms with Crippen LogP contribution in [0.5, 0.6) is 0 Å². The van der Waals surface area contributed by atoms with Crippen molar-refractivity contribution in [3.8, 4) is 0 Å². The minimum absolute atomic E-state index is 0.167. The van der Waals surface area contributed by atoms with Crippen LogP contribution in [0.15, 0.2) is 41.3 Å². The maximum atomic E-state index is 14.2. The topological polar surface area (TPSA) is 32.3 Å². The molecule has 2 aromatic rings. The van der Waals surface area contributed by atoms with E-state index in [9.17, 15) is 22.4 Å². The minimum Gasteiger partial charge on any atom is -0.343 e. The van der Waals surface area contributed by atoms with E-state index in [1.807, 2.05) is 0 Å². The zero-order chi connectivity index (χ0) is 23.8. The summed E-state index contributed by atoms with van der Waals surface area (Å²) in [5, 5.41) is 3.04. The Morgan fingerprint density at radius 2 is 1.70 bits per heavy atom. The molecule has 2 fully saturated rings. The number of nitrogens with one attached hydrogen (secondary N) is 1. The molecule has 1 unspecified atom stereocenters. The van der Waals surface area contributed by atoms with E-state index in [0.717, 1.165) is 58.2 Å². The summed E-state index contributed by atoms with van der Waals surface area (Å²) in [7, 11) is 0. The zero-order valence-corrected chi connectivity index (χ0v) is 19.6. The summed E-state index contributed by atoms with van der Waals surface area (Å²) in [5.41, 5.74) is 0.0743. The minimum atomic E-state index is -3.02. The van der Waals surface area contributed by atoms with E-state index in [4.69, 9.17) is 0 Å². The summed E-state index contributed by atoms with van der Waals surface area (Å²) in [5.74, 6) is -4.85. The molecule has 0 aromatic heterocycles. The second-order valence-corrected chi connectivity index (χ2v) is 9.91. The van der Waals surface area contributed by atoms with Crippen LogP contribution in [0, 0.1) is 11.6 Å². The predicted octanol–water partition coefficient (Wildman–Crippen LogP) is 6.29. The van der Waals surface area contributed by atoms with E-state index >= 15 is 0 Å². The average molecular weight is 481 g/mol. The van der Waals surface area contributed by atoms with Gasteiger partial charge in [0, 0.05) is 29.0 Å². The highest BCUT2D eigenvalue weighted by atomic mass is 32.2. The molecule has 1 saturated heterocycles. The second-order valence-electron chi connectivity index (χ2n) is 9.06. The maximum Gasteiger partial charge on any atom is 0.270 e. The number of halogens is 4. The monoisotopic (exact) mass is 480 g/mol. The Morgan fingerprint density at radius 3 is 2.21 bits per heavy atom. The second kappa shape index (κ2) is 9.29. The van der Waals surface area contributed by atoms with Gasteiger partial charge in [-0.25, -0.2) is 17.6 Å². The van der Waals surface area contributed by atoms with E-state index < -0.39 is 35.0 Å². The molecule has 178 valence electrons. The third kappa shape index (κ3) is 4.78. The van der Waals surface area contributed by atoms with Gasteiger partial charge < -0.3 is 5.32 Å². The van der Waals surface area contributed by atoms with E-state index in [1.165, 1.54) is 42.1 Å². The molecule has 1 atom stereocenters. The quantitative estimate of drug-likeness (QED) is 0.374. The highest BCUT2D eigenvalue weighted by Crippen LogP contribution is 2.48. The summed E-state index contributed by atoms with van der Waals surface area (Å²) >= 11 is 1.21. The summed E-state index contributed by atoms with van der Waals surface area (Å²) in [6.07, 6.45) is 6.41. The molecule has 0 bridgehead atoms. The van der Waals surface area contributed by atoms with Crippen molar-refractivity contribution in [2.45, 2.75) is 61.4 Å². The molecule has 1 saturated carbocycles. The first-order valence-electron chi connectivity index (χ1n) is 11.2. The van der Waals surface area contributed by atoms with E-state index in [0.29, 0.717) is 10.5 Å². The van der Waals surface area contributed by atoms with Crippen LogP contribution in [0.2, 0.25) is 0 Å². The molecule has 4 rings (SSSR count). The van der Waals surface area contributed by atoms with Crippen molar-refractivity contribution in [2.24, 2.45) is 0 Å². The molecule has 1 heterocycles. The Hall–Kier alpha value is -2.06. The number of hydrogen-bond donors (Lipinski definition) is 1. The average Bonchev–Trinajstić information content (AvgIpc) is 3.25. The lowest BCUT2D eigenvalue weighted by atomic mass is 9.68. The molecule has 3 nitrogen and oxygen atoms in total. The number of likely N-dealkylation sites (tertiary alicyclic amines) is 1. The molecule has 1 aliphatic heterocycles. The zero-order valence-electron chi connectivity index (χ0n) is 18.8. The largest absolute Gasteiger partial charge is 0.343 e. The molecule has 2 aromatic carbocycles. The Balaban J connectivity index is 1.72. The normalized spacial score (nSPS) is 19.2. The summed E-state index contributed by atoms with van der Waals surface area (Å²) in [6, 6.07) is 6.74. The fraction of sp³-hybridized carbons (Fsp3) is 0.480. The Bertz CT molecular complexity index is 1010. The molecule has 1 amide bonds. The molecular formula is C25H28F4N2OS. The van der Waals surface area contributed by atoms with Gasteiger partial charge in [-0.2, -0.15) is 0 Å². The third-order valence-corrected chi connectivity index (χ3v) is 7.72. The molecule has 1 N–H and O–H groups in total. The molecule has 33 heavy (non-hydrogen) atoms. The van der Waals surface area contributed by atoms with E-state index in [1.54, 1.807) is 6.26 Å². The van der Waals surface area contributed by atoms with Crippen LogP contribution < -0.4 is 5.32 Å². The third-order valence-electron chi connectivity index (χ3n) is 6.94. The Labute approximate surface area is 195 Å². The number of carbonyl (C=O) groups excluding carboxylic acids is 1. The lowest BCUT2D eigenvalue weighted by Crippen LogP contribution is -2.60. The van der Waals surface area contributed by atoms with Gasteiger partial charge in [-0.3, -0.25) is 9.69 Å². The van der Waals surface area contributed by atoms with Crippen LogP contribution in [0.3, 0.4) is 0 Å². The molecule has 8 heteroatoms. The SMILES string of the molecule is CSc1cc(C(C)(F)F)ccc1C(=O)NC(c1cc(F)cc(F)c1)C1(N2CCCC2)CCC1. The number of amides is 1. The van der Waals surface area contributed by atoms with Crippen LogP contribution in [-0.2, 0) is 5.92 Å². The van der Waals surface area contributed by atoms with Gasteiger partial charge in [0.25, 0.3) is 11.8 Å². The van der Waals surface area contributed by atoms with Crippen LogP contribution in [0.25, 0.3) is 0 Å². The van der Waals surface area contributed by atoms with E-state index in [-0.39, 0.29) is 11.1 Å². The van der Waals surface area contributed by atoms with Crippen LogP contribution in [0.4, 0.5) is 17.6 Å². The Kier molecular flexibility index (Phi) is 6.78. The molecule has 2 aliphatic rings. The lowest BCUT2D eigenvalue weighted by Gasteiger charge is -2.54. The first kappa shape index (κ1) is 24.1.